The Morgan fingerprint density at radius 2 is 2.00 bits per heavy atom. The highest BCUT2D eigenvalue weighted by molar-refractivity contribution is 5.93. The first-order valence-electron chi connectivity index (χ1n) is 6.36. The van der Waals surface area contributed by atoms with Crippen LogP contribution in [-0.4, -0.2) is 24.2 Å². The fraction of sp³-hybridized carbons (Fsp3) is 0.500. The first-order chi connectivity index (χ1) is 8.54. The Hall–Kier alpha value is -1.55. The van der Waals surface area contributed by atoms with Gasteiger partial charge in [-0.05, 0) is 44.9 Å². The third kappa shape index (κ3) is 3.23. The number of nitrogens with one attached hydrogen (secondary N) is 1. The summed E-state index contributed by atoms with van der Waals surface area (Å²) in [4.78, 5) is 11.1. The van der Waals surface area contributed by atoms with Crippen molar-refractivity contribution in [2.45, 2.75) is 44.9 Å². The van der Waals surface area contributed by atoms with Gasteiger partial charge in [0.1, 0.15) is 0 Å². The molecule has 3 N–H and O–H groups in total. The van der Waals surface area contributed by atoms with Gasteiger partial charge in [-0.2, -0.15) is 0 Å². The maximum atomic E-state index is 11.1. The SMILES string of the molecule is CC1CC(Nc2cccc(C(N)=O)c2)CC(C)O1. The lowest BCUT2D eigenvalue weighted by atomic mass is 9.99. The van der Waals surface area contributed by atoms with E-state index in [1.165, 1.54) is 0 Å². The monoisotopic (exact) mass is 248 g/mol. The van der Waals surface area contributed by atoms with Crippen molar-refractivity contribution in [3.8, 4) is 0 Å². The first kappa shape index (κ1) is 12.9. The second-order valence-corrected chi connectivity index (χ2v) is 5.02. The highest BCUT2D eigenvalue weighted by Gasteiger charge is 2.24. The molecular weight excluding hydrogens is 228 g/mol. The highest BCUT2D eigenvalue weighted by atomic mass is 16.5. The van der Waals surface area contributed by atoms with Crippen LogP contribution in [0.2, 0.25) is 0 Å². The molecule has 0 radical (unpaired) electrons. The van der Waals surface area contributed by atoms with Gasteiger partial charge in [-0.25, -0.2) is 0 Å². The smallest absolute Gasteiger partial charge is 0.248 e. The van der Waals surface area contributed by atoms with E-state index >= 15 is 0 Å². The molecule has 0 aliphatic carbocycles. The first-order valence-corrected chi connectivity index (χ1v) is 6.36. The van der Waals surface area contributed by atoms with Crippen LogP contribution in [0.4, 0.5) is 5.69 Å². The Morgan fingerprint density at radius 3 is 2.61 bits per heavy atom. The molecule has 1 aromatic rings. The molecule has 1 aromatic carbocycles. The largest absolute Gasteiger partial charge is 0.382 e. The van der Waals surface area contributed by atoms with Crippen LogP contribution >= 0.6 is 0 Å². The number of hydrogen-bond acceptors (Lipinski definition) is 3. The molecule has 1 aliphatic rings. The number of nitrogens with two attached hydrogens (primary N) is 1. The van der Waals surface area contributed by atoms with Gasteiger partial charge in [0.2, 0.25) is 5.91 Å². The van der Waals surface area contributed by atoms with Gasteiger partial charge in [-0.15, -0.1) is 0 Å². The highest BCUT2D eigenvalue weighted by Crippen LogP contribution is 2.23. The zero-order valence-electron chi connectivity index (χ0n) is 10.8. The molecule has 0 saturated carbocycles. The van der Waals surface area contributed by atoms with Crippen molar-refractivity contribution < 1.29 is 9.53 Å². The summed E-state index contributed by atoms with van der Waals surface area (Å²) in [5.41, 5.74) is 6.75. The molecule has 18 heavy (non-hydrogen) atoms. The maximum absolute atomic E-state index is 11.1. The molecule has 0 aromatic heterocycles. The van der Waals surface area contributed by atoms with Crippen molar-refractivity contribution in [2.24, 2.45) is 5.73 Å². The molecule has 1 saturated heterocycles. The molecule has 4 nitrogen and oxygen atoms in total. The Bertz CT molecular complexity index is 424. The Morgan fingerprint density at radius 1 is 1.33 bits per heavy atom. The van der Waals surface area contributed by atoms with Crippen LogP contribution in [0.15, 0.2) is 24.3 Å². The van der Waals surface area contributed by atoms with Crippen molar-refractivity contribution in [3.63, 3.8) is 0 Å². The van der Waals surface area contributed by atoms with Gasteiger partial charge in [-0.3, -0.25) is 4.79 Å². The summed E-state index contributed by atoms with van der Waals surface area (Å²) in [7, 11) is 0. The molecular formula is C14H20N2O2. The predicted molar refractivity (Wildman–Crippen MR) is 71.6 cm³/mol. The number of carbonyl (C=O) groups is 1. The number of carbonyl (C=O) groups excluding carboxylic acids is 1. The van der Waals surface area contributed by atoms with Crippen LogP contribution in [0.3, 0.4) is 0 Å². The fourth-order valence-corrected chi connectivity index (χ4v) is 2.52. The number of hydrogen-bond donors (Lipinski definition) is 2. The van der Waals surface area contributed by atoms with E-state index < -0.39 is 5.91 Å². The lowest BCUT2D eigenvalue weighted by Crippen LogP contribution is -2.36. The standard InChI is InChI=1S/C14H20N2O2/c1-9-6-13(7-10(2)18-9)16-12-5-3-4-11(8-12)14(15)17/h3-5,8-10,13,16H,6-7H2,1-2H3,(H2,15,17). The van der Waals surface area contributed by atoms with E-state index in [1.54, 1.807) is 12.1 Å². The summed E-state index contributed by atoms with van der Waals surface area (Å²) in [5.74, 6) is -0.396. The molecule has 1 aliphatic heterocycles. The molecule has 2 atom stereocenters. The van der Waals surface area contributed by atoms with Crippen LogP contribution in [0.1, 0.15) is 37.0 Å². The topological polar surface area (TPSA) is 64.3 Å². The van der Waals surface area contributed by atoms with Crippen LogP contribution in [0.5, 0.6) is 0 Å². The average molecular weight is 248 g/mol. The van der Waals surface area contributed by atoms with E-state index in [0.29, 0.717) is 11.6 Å². The quantitative estimate of drug-likeness (QED) is 0.861. The molecule has 98 valence electrons. The Kier molecular flexibility index (Phi) is 3.87. The van der Waals surface area contributed by atoms with Crippen LogP contribution in [0, 0.1) is 0 Å². The van der Waals surface area contributed by atoms with Crippen molar-refractivity contribution >= 4 is 11.6 Å². The van der Waals surface area contributed by atoms with Gasteiger partial charge in [0, 0.05) is 17.3 Å². The summed E-state index contributed by atoms with van der Waals surface area (Å²) in [6, 6.07) is 7.70. The second kappa shape index (κ2) is 5.40. The molecule has 4 heteroatoms. The van der Waals surface area contributed by atoms with Crippen molar-refractivity contribution in [3.05, 3.63) is 29.8 Å². The minimum atomic E-state index is -0.396. The molecule has 0 bridgehead atoms. The Balaban J connectivity index is 2.04. The number of amides is 1. The molecule has 2 rings (SSSR count). The lowest BCUT2D eigenvalue weighted by Gasteiger charge is -2.33. The van der Waals surface area contributed by atoms with Gasteiger partial charge in [0.05, 0.1) is 12.2 Å². The number of ether oxygens (including phenoxy) is 1. The minimum Gasteiger partial charge on any atom is -0.382 e. The van der Waals surface area contributed by atoms with Gasteiger partial charge >= 0.3 is 0 Å². The lowest BCUT2D eigenvalue weighted by molar-refractivity contribution is -0.0337. The summed E-state index contributed by atoms with van der Waals surface area (Å²) < 4.78 is 5.70. The van der Waals surface area contributed by atoms with E-state index in [9.17, 15) is 4.79 Å². The summed E-state index contributed by atoms with van der Waals surface area (Å²) >= 11 is 0. The summed E-state index contributed by atoms with van der Waals surface area (Å²) in [6.07, 6.45) is 2.49. The third-order valence-electron chi connectivity index (χ3n) is 3.22. The van der Waals surface area contributed by atoms with E-state index in [4.69, 9.17) is 10.5 Å². The van der Waals surface area contributed by atoms with Gasteiger partial charge in [0.15, 0.2) is 0 Å². The maximum Gasteiger partial charge on any atom is 0.248 e. The average Bonchev–Trinajstić information content (AvgIpc) is 2.27. The number of rotatable bonds is 3. The van der Waals surface area contributed by atoms with Crippen molar-refractivity contribution in [2.75, 3.05) is 5.32 Å². The zero-order valence-corrected chi connectivity index (χ0v) is 10.8. The Labute approximate surface area is 108 Å². The number of anilines is 1. The third-order valence-corrected chi connectivity index (χ3v) is 3.22. The second-order valence-electron chi connectivity index (χ2n) is 5.02. The van der Waals surface area contributed by atoms with Gasteiger partial charge in [0.25, 0.3) is 0 Å². The predicted octanol–water partition coefficient (Wildman–Crippen LogP) is 2.15. The number of benzene rings is 1. The fourth-order valence-electron chi connectivity index (χ4n) is 2.52. The van der Waals surface area contributed by atoms with Crippen molar-refractivity contribution in [1.29, 1.82) is 0 Å². The molecule has 1 heterocycles. The number of primary amides is 1. The van der Waals surface area contributed by atoms with Crippen molar-refractivity contribution in [1.82, 2.24) is 0 Å². The minimum absolute atomic E-state index is 0.269. The van der Waals surface area contributed by atoms with Gasteiger partial charge < -0.3 is 15.8 Å². The molecule has 1 amide bonds. The molecule has 1 fully saturated rings. The van der Waals surface area contributed by atoms with E-state index in [0.717, 1.165) is 18.5 Å². The molecule has 0 spiro atoms. The van der Waals surface area contributed by atoms with E-state index in [-0.39, 0.29) is 12.2 Å². The summed E-state index contributed by atoms with van der Waals surface area (Å²) in [5, 5.41) is 3.45. The normalized spacial score (nSPS) is 27.8. The van der Waals surface area contributed by atoms with E-state index in [2.05, 4.69) is 19.2 Å². The van der Waals surface area contributed by atoms with E-state index in [1.807, 2.05) is 12.1 Å². The van der Waals surface area contributed by atoms with Crippen LogP contribution < -0.4 is 11.1 Å². The molecule has 2 unspecified atom stereocenters. The van der Waals surface area contributed by atoms with Crippen LogP contribution in [-0.2, 0) is 4.74 Å². The zero-order chi connectivity index (χ0) is 13.1. The summed E-state index contributed by atoms with van der Waals surface area (Å²) in [6.45, 7) is 4.17. The van der Waals surface area contributed by atoms with Gasteiger partial charge in [-0.1, -0.05) is 6.07 Å². The van der Waals surface area contributed by atoms with Crippen LogP contribution in [0.25, 0.3) is 0 Å².